The average molecular weight is 320 g/mol. The van der Waals surface area contributed by atoms with Gasteiger partial charge in [-0.2, -0.15) is 0 Å². The number of hydrogen-bond donors (Lipinski definition) is 1. The minimum Gasteiger partial charge on any atom is -0.322 e. The van der Waals surface area contributed by atoms with E-state index in [9.17, 15) is 9.18 Å². The molecule has 0 aliphatic heterocycles. The number of rotatable bonds is 2. The number of carbonyl (C=O) groups is 1. The van der Waals surface area contributed by atoms with Gasteiger partial charge in [-0.05, 0) is 30.3 Å². The predicted octanol–water partition coefficient (Wildman–Crippen LogP) is 4.43. The minimum atomic E-state index is -0.625. The zero-order valence-corrected chi connectivity index (χ0v) is 11.5. The van der Waals surface area contributed by atoms with Crippen molar-refractivity contribution in [1.29, 1.82) is 0 Å². The summed E-state index contributed by atoms with van der Waals surface area (Å²) in [7, 11) is 0. The summed E-state index contributed by atoms with van der Waals surface area (Å²) in [5, 5.41) is 2.61. The van der Waals surface area contributed by atoms with Crippen LogP contribution in [-0.2, 0) is 0 Å². The standard InChI is InChI=1S/C12H6Cl3FN2O/c13-8-3-1-6(5-9(8)16)17-12(19)7-2-4-10(14)18-11(7)15/h1-5H,(H,17,19). The minimum absolute atomic E-state index is 0.0239. The molecule has 0 fully saturated rings. The lowest BCUT2D eigenvalue weighted by molar-refractivity contribution is 0.102. The maximum atomic E-state index is 13.2. The van der Waals surface area contributed by atoms with Crippen LogP contribution >= 0.6 is 34.8 Å². The second kappa shape index (κ2) is 5.74. The van der Waals surface area contributed by atoms with Crippen molar-refractivity contribution in [2.24, 2.45) is 0 Å². The van der Waals surface area contributed by atoms with Gasteiger partial charge in [-0.1, -0.05) is 34.8 Å². The molecule has 1 N–H and O–H groups in total. The first-order valence-corrected chi connectivity index (χ1v) is 6.19. The summed E-state index contributed by atoms with van der Waals surface area (Å²) in [4.78, 5) is 15.7. The van der Waals surface area contributed by atoms with Crippen LogP contribution in [0.15, 0.2) is 30.3 Å². The third kappa shape index (κ3) is 3.35. The van der Waals surface area contributed by atoms with E-state index in [0.717, 1.165) is 6.07 Å². The van der Waals surface area contributed by atoms with Crippen LogP contribution in [0.5, 0.6) is 0 Å². The largest absolute Gasteiger partial charge is 0.322 e. The summed E-state index contributed by atoms with van der Waals surface area (Å²) in [5.41, 5.74) is 0.402. The van der Waals surface area contributed by atoms with E-state index in [4.69, 9.17) is 34.8 Å². The number of nitrogens with zero attached hydrogens (tertiary/aromatic N) is 1. The maximum absolute atomic E-state index is 13.2. The molecule has 3 nitrogen and oxygen atoms in total. The summed E-state index contributed by atoms with van der Waals surface area (Å²) in [6.45, 7) is 0. The Balaban J connectivity index is 2.23. The molecule has 0 saturated heterocycles. The van der Waals surface area contributed by atoms with Crippen LogP contribution in [0.1, 0.15) is 10.4 Å². The van der Waals surface area contributed by atoms with Gasteiger partial charge in [0.05, 0.1) is 10.6 Å². The van der Waals surface area contributed by atoms with Gasteiger partial charge in [0, 0.05) is 5.69 Å². The molecule has 1 aromatic heterocycles. The third-order valence-electron chi connectivity index (χ3n) is 2.24. The molecule has 7 heteroatoms. The first kappa shape index (κ1) is 14.1. The van der Waals surface area contributed by atoms with Crippen molar-refractivity contribution in [2.45, 2.75) is 0 Å². The molecule has 0 atom stereocenters. The summed E-state index contributed by atoms with van der Waals surface area (Å²) in [6.07, 6.45) is 0. The van der Waals surface area contributed by atoms with Gasteiger partial charge >= 0.3 is 0 Å². The maximum Gasteiger partial charge on any atom is 0.258 e. The lowest BCUT2D eigenvalue weighted by Crippen LogP contribution is -2.13. The van der Waals surface area contributed by atoms with Crippen LogP contribution in [0.4, 0.5) is 10.1 Å². The number of amides is 1. The van der Waals surface area contributed by atoms with Gasteiger partial charge in [0.2, 0.25) is 0 Å². The molecule has 98 valence electrons. The molecular weight excluding hydrogens is 314 g/mol. The van der Waals surface area contributed by atoms with Crippen LogP contribution < -0.4 is 5.32 Å². The first-order valence-electron chi connectivity index (χ1n) is 5.06. The van der Waals surface area contributed by atoms with Crippen molar-refractivity contribution in [3.05, 3.63) is 57.0 Å². The monoisotopic (exact) mass is 318 g/mol. The summed E-state index contributed by atoms with van der Waals surface area (Å²) in [6, 6.07) is 6.79. The molecule has 0 spiro atoms. The lowest BCUT2D eigenvalue weighted by atomic mass is 10.2. The number of halogens is 4. The van der Waals surface area contributed by atoms with E-state index in [0.29, 0.717) is 0 Å². The Morgan fingerprint density at radius 2 is 1.89 bits per heavy atom. The Bertz CT molecular complexity index is 649. The quantitative estimate of drug-likeness (QED) is 0.832. The highest BCUT2D eigenvalue weighted by Crippen LogP contribution is 2.21. The first-order chi connectivity index (χ1) is 8.97. The molecule has 1 amide bonds. The lowest BCUT2D eigenvalue weighted by Gasteiger charge is -2.07. The van der Waals surface area contributed by atoms with Gasteiger partial charge in [-0.15, -0.1) is 0 Å². The van der Waals surface area contributed by atoms with Crippen molar-refractivity contribution in [3.8, 4) is 0 Å². The molecule has 1 aromatic carbocycles. The molecule has 0 unspecified atom stereocenters. The molecule has 0 bridgehead atoms. The molecule has 0 aliphatic rings. The van der Waals surface area contributed by atoms with E-state index in [1.807, 2.05) is 0 Å². The van der Waals surface area contributed by atoms with Crippen LogP contribution in [0.2, 0.25) is 15.3 Å². The van der Waals surface area contributed by atoms with Gasteiger partial charge < -0.3 is 5.32 Å². The Morgan fingerprint density at radius 3 is 2.53 bits per heavy atom. The van der Waals surface area contributed by atoms with Crippen LogP contribution in [0, 0.1) is 5.82 Å². The van der Waals surface area contributed by atoms with Crippen LogP contribution in [-0.4, -0.2) is 10.9 Å². The molecular formula is C12H6Cl3FN2O. The van der Waals surface area contributed by atoms with Crippen molar-refractivity contribution in [2.75, 3.05) is 5.32 Å². The number of hydrogen-bond acceptors (Lipinski definition) is 2. The van der Waals surface area contributed by atoms with Gasteiger partial charge in [0.25, 0.3) is 5.91 Å². The number of benzene rings is 1. The van der Waals surface area contributed by atoms with E-state index >= 15 is 0 Å². The van der Waals surface area contributed by atoms with E-state index < -0.39 is 11.7 Å². The molecule has 2 rings (SSSR count). The normalized spacial score (nSPS) is 10.3. The smallest absolute Gasteiger partial charge is 0.258 e. The molecule has 19 heavy (non-hydrogen) atoms. The SMILES string of the molecule is O=C(Nc1ccc(Cl)c(F)c1)c1ccc(Cl)nc1Cl. The fraction of sp³-hybridized carbons (Fsp3) is 0. The van der Waals surface area contributed by atoms with E-state index in [2.05, 4.69) is 10.3 Å². The molecule has 0 aliphatic carbocycles. The molecule has 0 radical (unpaired) electrons. The topological polar surface area (TPSA) is 42.0 Å². The van der Waals surface area contributed by atoms with Crippen molar-refractivity contribution in [3.63, 3.8) is 0 Å². The summed E-state index contributed by atoms with van der Waals surface area (Å²) in [5.74, 6) is -1.14. The number of carbonyl (C=O) groups excluding carboxylic acids is 1. The Morgan fingerprint density at radius 1 is 1.16 bits per heavy atom. The predicted molar refractivity (Wildman–Crippen MR) is 73.6 cm³/mol. The van der Waals surface area contributed by atoms with Crippen molar-refractivity contribution < 1.29 is 9.18 Å². The zero-order chi connectivity index (χ0) is 14.0. The second-order valence-electron chi connectivity index (χ2n) is 3.56. The van der Waals surface area contributed by atoms with Gasteiger partial charge in [-0.3, -0.25) is 4.79 Å². The molecule has 2 aromatic rings. The summed E-state index contributed by atoms with van der Waals surface area (Å²) >= 11 is 17.0. The fourth-order valence-electron chi connectivity index (χ4n) is 1.35. The molecule has 0 saturated carbocycles. The Kier molecular flexibility index (Phi) is 4.24. The van der Waals surface area contributed by atoms with E-state index in [1.165, 1.54) is 24.3 Å². The Hall–Kier alpha value is -1.36. The number of pyridine rings is 1. The van der Waals surface area contributed by atoms with E-state index in [-0.39, 0.29) is 26.6 Å². The Labute approximate surface area is 123 Å². The average Bonchev–Trinajstić information content (AvgIpc) is 2.33. The number of anilines is 1. The highest BCUT2D eigenvalue weighted by Gasteiger charge is 2.13. The second-order valence-corrected chi connectivity index (χ2v) is 4.71. The number of nitrogens with one attached hydrogen (secondary N) is 1. The van der Waals surface area contributed by atoms with Crippen molar-refractivity contribution >= 4 is 46.4 Å². The van der Waals surface area contributed by atoms with Crippen molar-refractivity contribution in [1.82, 2.24) is 4.98 Å². The number of aromatic nitrogens is 1. The molecule has 1 heterocycles. The highest BCUT2D eigenvalue weighted by atomic mass is 35.5. The fourth-order valence-corrected chi connectivity index (χ4v) is 1.90. The van der Waals surface area contributed by atoms with Gasteiger partial charge in [0.1, 0.15) is 16.1 Å². The zero-order valence-electron chi connectivity index (χ0n) is 9.25. The van der Waals surface area contributed by atoms with Crippen LogP contribution in [0.25, 0.3) is 0 Å². The van der Waals surface area contributed by atoms with Crippen LogP contribution in [0.3, 0.4) is 0 Å². The van der Waals surface area contributed by atoms with E-state index in [1.54, 1.807) is 0 Å². The third-order valence-corrected chi connectivity index (χ3v) is 3.04. The van der Waals surface area contributed by atoms with Gasteiger partial charge in [-0.25, -0.2) is 9.37 Å². The summed E-state index contributed by atoms with van der Waals surface area (Å²) < 4.78 is 13.2. The van der Waals surface area contributed by atoms with Gasteiger partial charge in [0.15, 0.2) is 0 Å². The highest BCUT2D eigenvalue weighted by molar-refractivity contribution is 6.35.